The number of nitrogens with zero attached hydrogens (tertiary/aromatic N) is 2. The lowest BCUT2D eigenvalue weighted by atomic mass is 10.1. The molecule has 0 unspecified atom stereocenters. The second kappa shape index (κ2) is 6.32. The first-order valence-corrected chi connectivity index (χ1v) is 8.11. The molecule has 1 aliphatic carbocycles. The number of anilines is 1. The molecule has 1 aromatic carbocycles. The Labute approximate surface area is 126 Å². The van der Waals surface area contributed by atoms with Gasteiger partial charge in [0.15, 0.2) is 0 Å². The predicted molar refractivity (Wildman–Crippen MR) is 83.1 cm³/mol. The monoisotopic (exact) mass is 292 g/mol. The van der Waals surface area contributed by atoms with Crippen molar-refractivity contribution in [3.63, 3.8) is 0 Å². The maximum atomic E-state index is 13.4. The van der Waals surface area contributed by atoms with Gasteiger partial charge in [-0.05, 0) is 38.0 Å². The molecule has 1 saturated heterocycles. The van der Waals surface area contributed by atoms with Crippen molar-refractivity contribution in [1.82, 2.24) is 4.90 Å². The molecule has 1 saturated carbocycles. The SMILES string of the molecule is C[C@@H](O)c1cc(F)ccc1N1CCN(C2CCCC2)CC1. The summed E-state index contributed by atoms with van der Waals surface area (Å²) >= 11 is 0. The third-order valence-electron chi connectivity index (χ3n) is 4.94. The van der Waals surface area contributed by atoms with Gasteiger partial charge >= 0.3 is 0 Å². The van der Waals surface area contributed by atoms with E-state index in [-0.39, 0.29) is 5.82 Å². The zero-order valence-electron chi connectivity index (χ0n) is 12.8. The van der Waals surface area contributed by atoms with Crippen molar-refractivity contribution in [3.05, 3.63) is 29.6 Å². The molecule has 0 amide bonds. The Morgan fingerprint density at radius 3 is 2.43 bits per heavy atom. The van der Waals surface area contributed by atoms with Crippen LogP contribution in [-0.4, -0.2) is 42.2 Å². The fraction of sp³-hybridized carbons (Fsp3) is 0.647. The van der Waals surface area contributed by atoms with Crippen LogP contribution in [0.2, 0.25) is 0 Å². The first kappa shape index (κ1) is 14.8. The van der Waals surface area contributed by atoms with Crippen LogP contribution >= 0.6 is 0 Å². The summed E-state index contributed by atoms with van der Waals surface area (Å²) in [5, 5.41) is 9.88. The second-order valence-electron chi connectivity index (χ2n) is 6.34. The van der Waals surface area contributed by atoms with E-state index in [4.69, 9.17) is 0 Å². The molecule has 21 heavy (non-hydrogen) atoms. The molecule has 2 aliphatic rings. The summed E-state index contributed by atoms with van der Waals surface area (Å²) in [7, 11) is 0. The van der Waals surface area contributed by atoms with Gasteiger partial charge in [0.1, 0.15) is 5.82 Å². The van der Waals surface area contributed by atoms with Gasteiger partial charge in [0.05, 0.1) is 6.10 Å². The zero-order valence-corrected chi connectivity index (χ0v) is 12.8. The van der Waals surface area contributed by atoms with Gasteiger partial charge in [0.25, 0.3) is 0 Å². The van der Waals surface area contributed by atoms with Crippen LogP contribution in [0.15, 0.2) is 18.2 Å². The summed E-state index contributed by atoms with van der Waals surface area (Å²) in [5.41, 5.74) is 1.68. The molecule has 1 aromatic rings. The van der Waals surface area contributed by atoms with E-state index >= 15 is 0 Å². The number of hydrogen-bond donors (Lipinski definition) is 1. The highest BCUT2D eigenvalue weighted by Crippen LogP contribution is 2.30. The Hall–Kier alpha value is -1.13. The number of rotatable bonds is 3. The Morgan fingerprint density at radius 1 is 1.14 bits per heavy atom. The van der Waals surface area contributed by atoms with Gasteiger partial charge in [-0.3, -0.25) is 4.90 Å². The molecule has 0 aromatic heterocycles. The third kappa shape index (κ3) is 3.22. The number of halogens is 1. The lowest BCUT2D eigenvalue weighted by Gasteiger charge is -2.40. The van der Waals surface area contributed by atoms with E-state index in [1.54, 1.807) is 6.92 Å². The minimum atomic E-state index is -0.636. The Bertz CT molecular complexity index is 478. The van der Waals surface area contributed by atoms with Gasteiger partial charge in [0, 0.05) is 43.5 Å². The van der Waals surface area contributed by atoms with E-state index in [0.29, 0.717) is 5.56 Å². The van der Waals surface area contributed by atoms with Crippen LogP contribution in [-0.2, 0) is 0 Å². The fourth-order valence-electron chi connectivity index (χ4n) is 3.75. The van der Waals surface area contributed by atoms with Crippen molar-refractivity contribution >= 4 is 5.69 Å². The standard InChI is InChI=1S/C17H25FN2O/c1-13(21)16-12-14(18)6-7-17(16)20-10-8-19(9-11-20)15-4-2-3-5-15/h6-7,12-13,15,21H,2-5,8-11H2,1H3/t13-/m1/s1. The molecule has 4 heteroatoms. The largest absolute Gasteiger partial charge is 0.389 e. The molecule has 3 rings (SSSR count). The van der Waals surface area contributed by atoms with Gasteiger partial charge in [0.2, 0.25) is 0 Å². The van der Waals surface area contributed by atoms with E-state index in [0.717, 1.165) is 37.9 Å². The zero-order chi connectivity index (χ0) is 14.8. The maximum Gasteiger partial charge on any atom is 0.123 e. The molecule has 0 radical (unpaired) electrons. The van der Waals surface area contributed by atoms with E-state index in [1.807, 2.05) is 6.07 Å². The molecule has 116 valence electrons. The average Bonchev–Trinajstić information content (AvgIpc) is 3.01. The summed E-state index contributed by atoms with van der Waals surface area (Å²) in [5.74, 6) is -0.278. The molecule has 3 nitrogen and oxygen atoms in total. The highest BCUT2D eigenvalue weighted by molar-refractivity contribution is 5.55. The number of benzene rings is 1. The van der Waals surface area contributed by atoms with E-state index in [9.17, 15) is 9.50 Å². The molecule has 1 N–H and O–H groups in total. The van der Waals surface area contributed by atoms with E-state index in [1.165, 1.54) is 37.8 Å². The Kier molecular flexibility index (Phi) is 4.45. The highest BCUT2D eigenvalue weighted by atomic mass is 19.1. The third-order valence-corrected chi connectivity index (χ3v) is 4.94. The van der Waals surface area contributed by atoms with Crippen molar-refractivity contribution in [2.75, 3.05) is 31.1 Å². The smallest absolute Gasteiger partial charge is 0.123 e. The predicted octanol–water partition coefficient (Wildman–Crippen LogP) is 2.94. The molecule has 1 aliphatic heterocycles. The summed E-state index contributed by atoms with van der Waals surface area (Å²) in [6, 6.07) is 5.54. The van der Waals surface area contributed by atoms with Crippen molar-refractivity contribution in [1.29, 1.82) is 0 Å². The molecule has 0 bridgehead atoms. The number of aliphatic hydroxyl groups excluding tert-OH is 1. The van der Waals surface area contributed by atoms with Crippen LogP contribution in [0.1, 0.15) is 44.3 Å². The Balaban J connectivity index is 1.69. The van der Waals surface area contributed by atoms with Crippen molar-refractivity contribution in [3.8, 4) is 0 Å². The van der Waals surface area contributed by atoms with Crippen LogP contribution in [0.4, 0.5) is 10.1 Å². The summed E-state index contributed by atoms with van der Waals surface area (Å²) < 4.78 is 13.4. The van der Waals surface area contributed by atoms with Gasteiger partial charge in [-0.25, -0.2) is 4.39 Å². The van der Waals surface area contributed by atoms with Gasteiger partial charge < -0.3 is 10.0 Å². The van der Waals surface area contributed by atoms with E-state index < -0.39 is 6.10 Å². The Morgan fingerprint density at radius 2 is 1.81 bits per heavy atom. The van der Waals surface area contributed by atoms with Gasteiger partial charge in [-0.15, -0.1) is 0 Å². The quantitative estimate of drug-likeness (QED) is 0.928. The molecule has 0 spiro atoms. The summed E-state index contributed by atoms with van der Waals surface area (Å²) in [4.78, 5) is 4.89. The molecule has 1 heterocycles. The molecular formula is C17H25FN2O. The molecule has 1 atom stereocenters. The van der Waals surface area contributed by atoms with Gasteiger partial charge in [-0.2, -0.15) is 0 Å². The van der Waals surface area contributed by atoms with E-state index in [2.05, 4.69) is 9.80 Å². The first-order chi connectivity index (χ1) is 10.1. The first-order valence-electron chi connectivity index (χ1n) is 8.11. The summed E-state index contributed by atoms with van der Waals surface area (Å²) in [6.07, 6.45) is 4.79. The summed E-state index contributed by atoms with van der Waals surface area (Å²) in [6.45, 7) is 5.76. The highest BCUT2D eigenvalue weighted by Gasteiger charge is 2.27. The number of hydrogen-bond acceptors (Lipinski definition) is 3. The van der Waals surface area contributed by atoms with Crippen molar-refractivity contribution in [2.24, 2.45) is 0 Å². The number of aliphatic hydroxyl groups is 1. The maximum absolute atomic E-state index is 13.4. The minimum Gasteiger partial charge on any atom is -0.389 e. The minimum absolute atomic E-state index is 0.278. The van der Waals surface area contributed by atoms with Crippen LogP contribution in [0.25, 0.3) is 0 Å². The average molecular weight is 292 g/mol. The topological polar surface area (TPSA) is 26.7 Å². The lowest BCUT2D eigenvalue weighted by molar-refractivity contribution is 0.184. The van der Waals surface area contributed by atoms with Crippen molar-refractivity contribution < 1.29 is 9.50 Å². The van der Waals surface area contributed by atoms with Crippen LogP contribution in [0, 0.1) is 5.82 Å². The number of piperazine rings is 1. The van der Waals surface area contributed by atoms with Crippen LogP contribution in [0.3, 0.4) is 0 Å². The lowest BCUT2D eigenvalue weighted by Crippen LogP contribution is -2.50. The van der Waals surface area contributed by atoms with Gasteiger partial charge in [-0.1, -0.05) is 12.8 Å². The molecule has 2 fully saturated rings. The van der Waals surface area contributed by atoms with Crippen molar-refractivity contribution in [2.45, 2.75) is 44.8 Å². The van der Waals surface area contributed by atoms with Crippen LogP contribution in [0.5, 0.6) is 0 Å². The van der Waals surface area contributed by atoms with Crippen LogP contribution < -0.4 is 4.90 Å². The molecular weight excluding hydrogens is 267 g/mol. The fourth-order valence-corrected chi connectivity index (χ4v) is 3.75. The second-order valence-corrected chi connectivity index (χ2v) is 6.34. The normalized spacial score (nSPS) is 22.7.